The molecule has 0 heterocycles. The number of benzene rings is 1. The van der Waals surface area contributed by atoms with E-state index >= 15 is 0 Å². The zero-order chi connectivity index (χ0) is 9.84. The van der Waals surface area contributed by atoms with E-state index in [1.165, 1.54) is 0 Å². The van der Waals surface area contributed by atoms with Crippen LogP contribution in [0.25, 0.3) is 0 Å². The number of primary amides is 1. The van der Waals surface area contributed by atoms with Gasteiger partial charge in [-0.25, -0.2) is 0 Å². The molecule has 0 saturated heterocycles. The smallest absolute Gasteiger partial charge is 0.264 e. The first-order valence-electron chi connectivity index (χ1n) is 3.92. The lowest BCUT2D eigenvalue weighted by Gasteiger charge is -2.08. The Bertz CT molecular complexity index is 345. The highest BCUT2D eigenvalue weighted by molar-refractivity contribution is 5.94. The van der Waals surface area contributed by atoms with Gasteiger partial charge in [0.2, 0.25) is 0 Å². The fourth-order valence-corrected chi connectivity index (χ4v) is 0.937. The van der Waals surface area contributed by atoms with E-state index in [1.54, 1.807) is 0 Å². The van der Waals surface area contributed by atoms with Crippen molar-refractivity contribution in [2.24, 2.45) is 5.73 Å². The molecule has 68 valence electrons. The van der Waals surface area contributed by atoms with E-state index in [4.69, 9.17) is 5.73 Å². The number of anilines is 1. The number of rotatable bonds is 3. The summed E-state index contributed by atoms with van der Waals surface area (Å²) in [4.78, 5) is 10.7. The summed E-state index contributed by atoms with van der Waals surface area (Å²) in [5.41, 5.74) is 7.14. The third-order valence-corrected chi connectivity index (χ3v) is 1.73. The van der Waals surface area contributed by atoms with Crippen LogP contribution in [0.5, 0.6) is 0 Å². The van der Waals surface area contributed by atoms with Crippen LogP contribution in [0.4, 0.5) is 5.69 Å². The van der Waals surface area contributed by atoms with Crippen LogP contribution in [0.3, 0.4) is 0 Å². The Morgan fingerprint density at radius 2 is 2.08 bits per heavy atom. The number of aryl methyl sites for hydroxylation is 1. The van der Waals surface area contributed by atoms with Gasteiger partial charge in [0.05, 0.1) is 5.70 Å². The van der Waals surface area contributed by atoms with Gasteiger partial charge in [-0.1, -0.05) is 24.8 Å². The molecule has 0 aliphatic heterocycles. The van der Waals surface area contributed by atoms with Gasteiger partial charge >= 0.3 is 0 Å². The SMILES string of the molecule is C=C(Nc1ccccc1C)C(N)=O. The fourth-order valence-electron chi connectivity index (χ4n) is 0.937. The molecule has 0 spiro atoms. The Kier molecular flexibility index (Phi) is 2.69. The van der Waals surface area contributed by atoms with Crippen molar-refractivity contribution in [3.05, 3.63) is 42.1 Å². The van der Waals surface area contributed by atoms with E-state index in [9.17, 15) is 4.79 Å². The maximum Gasteiger partial charge on any atom is 0.264 e. The van der Waals surface area contributed by atoms with Crippen LogP contribution < -0.4 is 11.1 Å². The topological polar surface area (TPSA) is 55.1 Å². The molecular formula is C10H12N2O. The van der Waals surface area contributed by atoms with E-state index in [1.807, 2.05) is 31.2 Å². The predicted octanol–water partition coefficient (Wildman–Crippen LogP) is 1.41. The highest BCUT2D eigenvalue weighted by Crippen LogP contribution is 2.14. The van der Waals surface area contributed by atoms with Crippen LogP contribution in [-0.4, -0.2) is 5.91 Å². The summed E-state index contributed by atoms with van der Waals surface area (Å²) in [7, 11) is 0. The van der Waals surface area contributed by atoms with Gasteiger partial charge in [-0.15, -0.1) is 0 Å². The number of carbonyl (C=O) groups excluding carboxylic acids is 1. The first kappa shape index (κ1) is 9.32. The number of para-hydroxylation sites is 1. The van der Waals surface area contributed by atoms with Crippen LogP contribution in [0.2, 0.25) is 0 Å². The predicted molar refractivity (Wildman–Crippen MR) is 53.1 cm³/mol. The number of carbonyl (C=O) groups is 1. The second-order valence-corrected chi connectivity index (χ2v) is 2.78. The van der Waals surface area contributed by atoms with Gasteiger partial charge in [0.15, 0.2) is 0 Å². The van der Waals surface area contributed by atoms with Crippen LogP contribution >= 0.6 is 0 Å². The van der Waals surface area contributed by atoms with Crippen LogP contribution in [0, 0.1) is 6.92 Å². The Labute approximate surface area is 77.3 Å². The van der Waals surface area contributed by atoms with Crippen molar-refractivity contribution >= 4 is 11.6 Å². The lowest BCUT2D eigenvalue weighted by Crippen LogP contribution is -2.18. The maximum absolute atomic E-state index is 10.7. The number of amides is 1. The molecular weight excluding hydrogens is 164 g/mol. The molecule has 3 nitrogen and oxygen atoms in total. The fraction of sp³-hybridized carbons (Fsp3) is 0.100. The van der Waals surface area contributed by atoms with E-state index in [0.717, 1.165) is 11.3 Å². The van der Waals surface area contributed by atoms with Crippen molar-refractivity contribution in [3.8, 4) is 0 Å². The molecule has 3 heteroatoms. The summed E-state index contributed by atoms with van der Waals surface area (Å²) in [5.74, 6) is -0.539. The van der Waals surface area contributed by atoms with Crippen molar-refractivity contribution in [1.29, 1.82) is 0 Å². The lowest BCUT2D eigenvalue weighted by molar-refractivity contribution is -0.114. The first-order valence-corrected chi connectivity index (χ1v) is 3.92. The van der Waals surface area contributed by atoms with E-state index in [-0.39, 0.29) is 5.70 Å². The van der Waals surface area contributed by atoms with Gasteiger partial charge in [-0.3, -0.25) is 4.79 Å². The third kappa shape index (κ3) is 2.33. The van der Waals surface area contributed by atoms with Gasteiger partial charge < -0.3 is 11.1 Å². The van der Waals surface area contributed by atoms with Crippen molar-refractivity contribution in [2.45, 2.75) is 6.92 Å². The Balaban J connectivity index is 2.81. The average molecular weight is 176 g/mol. The Morgan fingerprint density at radius 3 is 2.62 bits per heavy atom. The molecule has 0 bridgehead atoms. The van der Waals surface area contributed by atoms with E-state index in [2.05, 4.69) is 11.9 Å². The zero-order valence-electron chi connectivity index (χ0n) is 7.50. The molecule has 0 radical (unpaired) electrons. The highest BCUT2D eigenvalue weighted by atomic mass is 16.1. The Morgan fingerprint density at radius 1 is 1.46 bits per heavy atom. The van der Waals surface area contributed by atoms with Gasteiger partial charge in [-0.05, 0) is 18.6 Å². The molecule has 0 aliphatic carbocycles. The van der Waals surface area contributed by atoms with Gasteiger partial charge in [0, 0.05) is 5.69 Å². The quantitative estimate of drug-likeness (QED) is 0.684. The van der Waals surface area contributed by atoms with E-state index < -0.39 is 5.91 Å². The van der Waals surface area contributed by atoms with Crippen molar-refractivity contribution in [1.82, 2.24) is 0 Å². The summed E-state index contributed by atoms with van der Waals surface area (Å²) in [6, 6.07) is 7.61. The summed E-state index contributed by atoms with van der Waals surface area (Å²) < 4.78 is 0. The van der Waals surface area contributed by atoms with Crippen LogP contribution in [-0.2, 0) is 4.79 Å². The number of nitrogens with two attached hydrogens (primary N) is 1. The minimum Gasteiger partial charge on any atom is -0.364 e. The lowest BCUT2D eigenvalue weighted by atomic mass is 10.2. The molecule has 0 unspecified atom stereocenters. The normalized spacial score (nSPS) is 9.31. The third-order valence-electron chi connectivity index (χ3n) is 1.73. The molecule has 13 heavy (non-hydrogen) atoms. The van der Waals surface area contributed by atoms with Crippen molar-refractivity contribution in [2.75, 3.05) is 5.32 Å². The second kappa shape index (κ2) is 3.76. The molecule has 0 aliphatic rings. The number of hydrogen-bond donors (Lipinski definition) is 2. The van der Waals surface area contributed by atoms with Crippen molar-refractivity contribution < 1.29 is 4.79 Å². The van der Waals surface area contributed by atoms with Gasteiger partial charge in [0.25, 0.3) is 5.91 Å². The first-order chi connectivity index (χ1) is 6.11. The summed E-state index contributed by atoms with van der Waals surface area (Å²) >= 11 is 0. The molecule has 0 aromatic heterocycles. The summed E-state index contributed by atoms with van der Waals surface area (Å²) in [5, 5.41) is 2.84. The maximum atomic E-state index is 10.7. The zero-order valence-corrected chi connectivity index (χ0v) is 7.50. The van der Waals surface area contributed by atoms with Gasteiger partial charge in [-0.2, -0.15) is 0 Å². The monoisotopic (exact) mass is 176 g/mol. The molecule has 3 N–H and O–H groups in total. The average Bonchev–Trinajstić information content (AvgIpc) is 2.08. The molecule has 0 fully saturated rings. The minimum absolute atomic E-state index is 0.203. The van der Waals surface area contributed by atoms with Gasteiger partial charge in [0.1, 0.15) is 0 Å². The van der Waals surface area contributed by atoms with Crippen molar-refractivity contribution in [3.63, 3.8) is 0 Å². The summed E-state index contributed by atoms with van der Waals surface area (Å²) in [6.07, 6.45) is 0. The molecule has 1 rings (SSSR count). The molecule has 0 saturated carbocycles. The molecule has 1 amide bonds. The molecule has 1 aromatic rings. The molecule has 0 atom stereocenters. The standard InChI is InChI=1S/C10H12N2O/c1-7-5-3-4-6-9(7)12-8(2)10(11)13/h3-6,12H,2H2,1H3,(H2,11,13). The summed E-state index contributed by atoms with van der Waals surface area (Å²) in [6.45, 7) is 5.45. The Hall–Kier alpha value is -1.77. The van der Waals surface area contributed by atoms with E-state index in [0.29, 0.717) is 0 Å². The highest BCUT2D eigenvalue weighted by Gasteiger charge is 2.02. The largest absolute Gasteiger partial charge is 0.364 e. The second-order valence-electron chi connectivity index (χ2n) is 2.78. The number of nitrogens with one attached hydrogen (secondary N) is 1. The van der Waals surface area contributed by atoms with Crippen LogP contribution in [0.15, 0.2) is 36.5 Å². The van der Waals surface area contributed by atoms with Crippen LogP contribution in [0.1, 0.15) is 5.56 Å². The molecule has 1 aromatic carbocycles. The minimum atomic E-state index is -0.539. The number of hydrogen-bond acceptors (Lipinski definition) is 2.